The zero-order chi connectivity index (χ0) is 18.3. The molecule has 0 unspecified atom stereocenters. The zero-order valence-corrected chi connectivity index (χ0v) is 15.9. The molecular formula is C16H25ClN4O3S. The predicted octanol–water partition coefficient (Wildman–Crippen LogP) is 1.15. The van der Waals surface area contributed by atoms with E-state index in [-0.39, 0.29) is 25.2 Å². The number of amides is 2. The van der Waals surface area contributed by atoms with Gasteiger partial charge in [0.2, 0.25) is 10.0 Å². The maximum Gasteiger partial charge on any atom is 0.315 e. The summed E-state index contributed by atoms with van der Waals surface area (Å²) < 4.78 is 24.2. The molecule has 1 aliphatic rings. The zero-order valence-electron chi connectivity index (χ0n) is 14.3. The minimum Gasteiger partial charge on any atom is -0.337 e. The lowest BCUT2D eigenvalue weighted by atomic mass is 10.0. The SMILES string of the molecule is CS(=O)(=O)NCCNC(=O)NC1CCN(Cc2ccc(Cl)cc2)CC1. The van der Waals surface area contributed by atoms with E-state index in [4.69, 9.17) is 11.6 Å². The number of hydrogen-bond acceptors (Lipinski definition) is 4. The van der Waals surface area contributed by atoms with Crippen molar-refractivity contribution in [2.75, 3.05) is 32.4 Å². The molecular weight excluding hydrogens is 364 g/mol. The lowest BCUT2D eigenvalue weighted by Gasteiger charge is -2.32. The third-order valence-electron chi connectivity index (χ3n) is 4.02. The first-order valence-electron chi connectivity index (χ1n) is 8.27. The Morgan fingerprint density at radius 2 is 1.84 bits per heavy atom. The topological polar surface area (TPSA) is 90.5 Å². The van der Waals surface area contributed by atoms with Crippen LogP contribution in [0.5, 0.6) is 0 Å². The van der Waals surface area contributed by atoms with Gasteiger partial charge in [0.1, 0.15) is 0 Å². The first-order chi connectivity index (χ1) is 11.8. The van der Waals surface area contributed by atoms with E-state index in [2.05, 4.69) is 20.3 Å². The highest BCUT2D eigenvalue weighted by Crippen LogP contribution is 2.15. The maximum absolute atomic E-state index is 11.8. The molecule has 1 aromatic carbocycles. The number of nitrogens with one attached hydrogen (secondary N) is 3. The molecule has 0 saturated carbocycles. The highest BCUT2D eigenvalue weighted by Gasteiger charge is 2.20. The molecule has 1 heterocycles. The van der Waals surface area contributed by atoms with Gasteiger partial charge in [0.05, 0.1) is 6.26 Å². The van der Waals surface area contributed by atoms with Gasteiger partial charge in [-0.3, -0.25) is 4.90 Å². The van der Waals surface area contributed by atoms with Crippen LogP contribution in [0.25, 0.3) is 0 Å². The van der Waals surface area contributed by atoms with Crippen LogP contribution < -0.4 is 15.4 Å². The number of nitrogens with zero attached hydrogens (tertiary/aromatic N) is 1. The van der Waals surface area contributed by atoms with Gasteiger partial charge >= 0.3 is 6.03 Å². The summed E-state index contributed by atoms with van der Waals surface area (Å²) in [5, 5.41) is 6.33. The fraction of sp³-hybridized carbons (Fsp3) is 0.562. The highest BCUT2D eigenvalue weighted by atomic mass is 35.5. The Morgan fingerprint density at radius 3 is 2.44 bits per heavy atom. The van der Waals surface area contributed by atoms with Gasteiger partial charge in [0.25, 0.3) is 0 Å². The normalized spacial score (nSPS) is 16.6. The summed E-state index contributed by atoms with van der Waals surface area (Å²) in [5.74, 6) is 0. The monoisotopic (exact) mass is 388 g/mol. The molecule has 3 N–H and O–H groups in total. The highest BCUT2D eigenvalue weighted by molar-refractivity contribution is 7.88. The van der Waals surface area contributed by atoms with Crippen molar-refractivity contribution < 1.29 is 13.2 Å². The van der Waals surface area contributed by atoms with E-state index in [9.17, 15) is 13.2 Å². The number of sulfonamides is 1. The van der Waals surface area contributed by atoms with Gasteiger partial charge in [-0.15, -0.1) is 0 Å². The van der Waals surface area contributed by atoms with E-state index >= 15 is 0 Å². The van der Waals surface area contributed by atoms with Crippen molar-refractivity contribution >= 4 is 27.7 Å². The number of piperidine rings is 1. The molecule has 0 aromatic heterocycles. The van der Waals surface area contributed by atoms with Crippen LogP contribution >= 0.6 is 11.6 Å². The second-order valence-corrected chi connectivity index (χ2v) is 8.51. The van der Waals surface area contributed by atoms with E-state index in [1.807, 2.05) is 24.3 Å². The Bertz CT molecular complexity index is 658. The van der Waals surface area contributed by atoms with Crippen LogP contribution in [0, 0.1) is 0 Å². The number of likely N-dealkylation sites (tertiary alicyclic amines) is 1. The number of rotatable bonds is 7. The van der Waals surface area contributed by atoms with Gasteiger partial charge in [-0.25, -0.2) is 17.9 Å². The molecule has 140 valence electrons. The third kappa shape index (κ3) is 8.04. The van der Waals surface area contributed by atoms with Crippen LogP contribution in [-0.2, 0) is 16.6 Å². The Morgan fingerprint density at radius 1 is 1.20 bits per heavy atom. The summed E-state index contributed by atoms with van der Waals surface area (Å²) in [6.07, 6.45) is 2.87. The van der Waals surface area contributed by atoms with Gasteiger partial charge in [-0.05, 0) is 30.5 Å². The Hall–Kier alpha value is -1.35. The number of carbonyl (C=O) groups is 1. The number of benzene rings is 1. The molecule has 1 saturated heterocycles. The van der Waals surface area contributed by atoms with Crippen LogP contribution in [0.3, 0.4) is 0 Å². The van der Waals surface area contributed by atoms with E-state index in [1.54, 1.807) is 0 Å². The second-order valence-electron chi connectivity index (χ2n) is 6.24. The molecule has 2 rings (SSSR count). The molecule has 0 atom stereocenters. The van der Waals surface area contributed by atoms with Crippen molar-refractivity contribution in [2.45, 2.75) is 25.4 Å². The second kappa shape index (κ2) is 9.38. The van der Waals surface area contributed by atoms with Crippen LogP contribution in [-0.4, -0.2) is 57.8 Å². The van der Waals surface area contributed by atoms with E-state index < -0.39 is 10.0 Å². The summed E-state index contributed by atoms with van der Waals surface area (Å²) in [5.41, 5.74) is 1.23. The van der Waals surface area contributed by atoms with Crippen molar-refractivity contribution in [1.29, 1.82) is 0 Å². The number of urea groups is 1. The third-order valence-corrected chi connectivity index (χ3v) is 5.00. The van der Waals surface area contributed by atoms with Crippen LogP contribution in [0.15, 0.2) is 24.3 Å². The maximum atomic E-state index is 11.8. The quantitative estimate of drug-likeness (QED) is 0.611. The summed E-state index contributed by atoms with van der Waals surface area (Å²) in [7, 11) is -3.22. The molecule has 1 fully saturated rings. The fourth-order valence-corrected chi connectivity index (χ4v) is 3.33. The van der Waals surface area contributed by atoms with Crippen molar-refractivity contribution in [3.8, 4) is 0 Å². The molecule has 0 bridgehead atoms. The molecule has 1 aromatic rings. The van der Waals surface area contributed by atoms with E-state index in [0.717, 1.165) is 43.8 Å². The molecule has 1 aliphatic heterocycles. The predicted molar refractivity (Wildman–Crippen MR) is 99.1 cm³/mol. The van der Waals surface area contributed by atoms with Gasteiger partial charge in [0, 0.05) is 43.8 Å². The van der Waals surface area contributed by atoms with Crippen molar-refractivity contribution in [1.82, 2.24) is 20.3 Å². The first kappa shape index (κ1) is 20.0. The minimum absolute atomic E-state index is 0.143. The summed E-state index contributed by atoms with van der Waals surface area (Å²) >= 11 is 5.90. The average molecular weight is 389 g/mol. The van der Waals surface area contributed by atoms with Crippen molar-refractivity contribution in [3.05, 3.63) is 34.9 Å². The largest absolute Gasteiger partial charge is 0.337 e. The smallest absolute Gasteiger partial charge is 0.315 e. The van der Waals surface area contributed by atoms with Gasteiger partial charge in [-0.1, -0.05) is 23.7 Å². The Kier molecular flexibility index (Phi) is 7.49. The molecule has 9 heteroatoms. The summed E-state index contributed by atoms with van der Waals surface area (Å²) in [4.78, 5) is 14.2. The molecule has 0 spiro atoms. The first-order valence-corrected chi connectivity index (χ1v) is 10.5. The van der Waals surface area contributed by atoms with Gasteiger partial charge in [-0.2, -0.15) is 0 Å². The standard InChI is InChI=1S/C16H25ClN4O3S/c1-25(23,24)19-9-8-18-16(22)20-15-6-10-21(11-7-15)12-13-2-4-14(17)5-3-13/h2-5,15,19H,6-12H2,1H3,(H2,18,20,22). The molecule has 7 nitrogen and oxygen atoms in total. The van der Waals surface area contributed by atoms with Crippen molar-refractivity contribution in [3.63, 3.8) is 0 Å². The van der Waals surface area contributed by atoms with E-state index in [0.29, 0.717) is 0 Å². The number of carbonyl (C=O) groups excluding carboxylic acids is 1. The summed E-state index contributed by atoms with van der Waals surface area (Å²) in [6.45, 7) is 3.17. The lowest BCUT2D eigenvalue weighted by Crippen LogP contribution is -2.48. The molecule has 0 aliphatic carbocycles. The average Bonchev–Trinajstić information content (AvgIpc) is 2.55. The van der Waals surface area contributed by atoms with E-state index in [1.165, 1.54) is 5.56 Å². The number of hydrogen-bond donors (Lipinski definition) is 3. The van der Waals surface area contributed by atoms with Crippen LogP contribution in [0.2, 0.25) is 5.02 Å². The van der Waals surface area contributed by atoms with Crippen LogP contribution in [0.4, 0.5) is 4.79 Å². The Balaban J connectivity index is 1.63. The Labute approximate surface area is 154 Å². The summed E-state index contributed by atoms with van der Waals surface area (Å²) in [6, 6.07) is 7.74. The molecule has 25 heavy (non-hydrogen) atoms. The van der Waals surface area contributed by atoms with Crippen molar-refractivity contribution in [2.24, 2.45) is 0 Å². The lowest BCUT2D eigenvalue weighted by molar-refractivity contribution is 0.186. The minimum atomic E-state index is -3.22. The van der Waals surface area contributed by atoms with Gasteiger partial charge < -0.3 is 10.6 Å². The fourth-order valence-electron chi connectivity index (χ4n) is 2.73. The molecule has 2 amide bonds. The van der Waals surface area contributed by atoms with Gasteiger partial charge in [0.15, 0.2) is 0 Å². The van der Waals surface area contributed by atoms with Crippen LogP contribution in [0.1, 0.15) is 18.4 Å². The molecule has 0 radical (unpaired) electrons. The number of halogens is 1.